The second-order valence-electron chi connectivity index (χ2n) is 8.70. The van der Waals surface area contributed by atoms with Crippen LogP contribution in [0.3, 0.4) is 0 Å². The third kappa shape index (κ3) is 5.41. The number of fused-ring (bicyclic) bond motifs is 1. The van der Waals surface area contributed by atoms with Crippen molar-refractivity contribution in [2.75, 3.05) is 6.54 Å². The zero-order valence-electron chi connectivity index (χ0n) is 19.2. The standard InChI is InChI=1S/C24H30N4O5S/c1-16-7-8-18(19(12-24(29)30)9-10-21-13-25-27-26-21)11-20(16)15-28-14-17(2)33-22-5-3-4-6-23(22)34(28,31)32/h3-8,11,13,17,19,31-32H,9-10,12,14-15H2,1-2H3,(H,29,30)(H,25,26,27)/t17-,19?/m1/s1. The number of aromatic nitrogens is 3. The molecular formula is C24H30N4O5S. The van der Waals surface area contributed by atoms with Crippen molar-refractivity contribution in [3.8, 4) is 5.75 Å². The van der Waals surface area contributed by atoms with Gasteiger partial charge in [0.05, 0.1) is 24.9 Å². The smallest absolute Gasteiger partial charge is 0.303 e. The molecule has 0 bridgehead atoms. The minimum absolute atomic E-state index is 0.00248. The molecular weight excluding hydrogens is 456 g/mol. The zero-order chi connectivity index (χ0) is 24.3. The molecule has 34 heavy (non-hydrogen) atoms. The first-order valence-electron chi connectivity index (χ1n) is 11.2. The van der Waals surface area contributed by atoms with E-state index in [1.807, 2.05) is 38.1 Å². The van der Waals surface area contributed by atoms with Crippen LogP contribution in [0.4, 0.5) is 0 Å². The van der Waals surface area contributed by atoms with Crippen LogP contribution in [-0.4, -0.2) is 52.5 Å². The lowest BCUT2D eigenvalue weighted by molar-refractivity contribution is -0.137. The number of nitrogens with one attached hydrogen (secondary N) is 1. The van der Waals surface area contributed by atoms with Crippen LogP contribution in [0, 0.1) is 6.92 Å². The van der Waals surface area contributed by atoms with Crippen LogP contribution in [0.5, 0.6) is 5.75 Å². The maximum atomic E-state index is 11.6. The number of aromatic amines is 1. The van der Waals surface area contributed by atoms with Gasteiger partial charge in [-0.1, -0.05) is 30.3 Å². The van der Waals surface area contributed by atoms with E-state index in [0.717, 1.165) is 22.4 Å². The van der Waals surface area contributed by atoms with Crippen LogP contribution < -0.4 is 4.74 Å². The summed E-state index contributed by atoms with van der Waals surface area (Å²) in [6, 6.07) is 12.9. The topological polar surface area (TPSA) is 132 Å². The van der Waals surface area contributed by atoms with Crippen LogP contribution in [0.15, 0.2) is 53.6 Å². The Balaban J connectivity index is 1.61. The van der Waals surface area contributed by atoms with Crippen molar-refractivity contribution in [1.29, 1.82) is 0 Å². The Bertz CT molecular complexity index is 1140. The Labute approximate surface area is 200 Å². The molecule has 0 fully saturated rings. The number of rotatable bonds is 8. The Hall–Kier alpha value is -2.92. The number of carboxylic acid groups (broad SMARTS) is 1. The summed E-state index contributed by atoms with van der Waals surface area (Å²) in [6.07, 6.45) is 2.62. The Morgan fingerprint density at radius 3 is 2.82 bits per heavy atom. The van der Waals surface area contributed by atoms with Crippen molar-refractivity contribution in [3.63, 3.8) is 0 Å². The minimum atomic E-state index is -3.26. The molecule has 0 aliphatic carbocycles. The Kier molecular flexibility index (Phi) is 7.22. The second kappa shape index (κ2) is 10.1. The highest BCUT2D eigenvalue weighted by atomic mass is 32.3. The van der Waals surface area contributed by atoms with E-state index in [2.05, 4.69) is 15.4 Å². The molecule has 182 valence electrons. The fraction of sp³-hybridized carbons (Fsp3) is 0.375. The number of hydrogen-bond acceptors (Lipinski definition) is 7. The predicted molar refractivity (Wildman–Crippen MR) is 129 cm³/mol. The van der Waals surface area contributed by atoms with Gasteiger partial charge in [-0.3, -0.25) is 13.9 Å². The van der Waals surface area contributed by atoms with Crippen molar-refractivity contribution < 1.29 is 23.7 Å². The summed E-state index contributed by atoms with van der Waals surface area (Å²) < 4.78 is 30.0. The molecule has 0 spiro atoms. The molecule has 4 rings (SSSR count). The van der Waals surface area contributed by atoms with Gasteiger partial charge in [-0.15, -0.1) is 10.8 Å². The number of aliphatic carboxylic acids is 1. The maximum Gasteiger partial charge on any atom is 0.303 e. The average molecular weight is 487 g/mol. The first-order chi connectivity index (χ1) is 16.2. The van der Waals surface area contributed by atoms with E-state index in [4.69, 9.17) is 4.74 Å². The van der Waals surface area contributed by atoms with Crippen molar-refractivity contribution in [1.82, 2.24) is 19.7 Å². The van der Waals surface area contributed by atoms with E-state index in [-0.39, 0.29) is 18.4 Å². The largest absolute Gasteiger partial charge is 0.487 e. The summed E-state index contributed by atoms with van der Waals surface area (Å²) >= 11 is 0. The summed E-state index contributed by atoms with van der Waals surface area (Å²) in [5, 5.41) is 20.0. The molecule has 3 aromatic rings. The number of para-hydroxylation sites is 1. The van der Waals surface area contributed by atoms with E-state index in [0.29, 0.717) is 36.6 Å². The molecule has 2 atom stereocenters. The average Bonchev–Trinajstić information content (AvgIpc) is 3.28. The molecule has 1 aromatic heterocycles. The molecule has 0 amide bonds. The van der Waals surface area contributed by atoms with Gasteiger partial charge >= 0.3 is 5.97 Å². The second-order valence-corrected chi connectivity index (χ2v) is 10.7. The molecule has 4 N–H and O–H groups in total. The molecule has 10 heteroatoms. The van der Waals surface area contributed by atoms with Crippen molar-refractivity contribution >= 4 is 16.7 Å². The molecule has 9 nitrogen and oxygen atoms in total. The normalized spacial score (nSPS) is 19.5. The molecule has 0 saturated heterocycles. The number of H-pyrrole nitrogens is 1. The summed E-state index contributed by atoms with van der Waals surface area (Å²) in [5.74, 6) is -0.588. The molecule has 1 unspecified atom stereocenters. The lowest BCUT2D eigenvalue weighted by Crippen LogP contribution is -2.33. The summed E-state index contributed by atoms with van der Waals surface area (Å²) in [7, 11) is -3.26. The zero-order valence-corrected chi connectivity index (χ0v) is 20.0. The lowest BCUT2D eigenvalue weighted by Gasteiger charge is -2.42. The number of carboxylic acids is 1. The van der Waals surface area contributed by atoms with E-state index >= 15 is 0 Å². The van der Waals surface area contributed by atoms with Gasteiger partial charge in [-0.05, 0) is 61.4 Å². The van der Waals surface area contributed by atoms with Gasteiger partial charge in [-0.2, -0.15) is 19.7 Å². The highest BCUT2D eigenvalue weighted by molar-refractivity contribution is 8.22. The number of ether oxygens (including phenoxy) is 1. The van der Waals surface area contributed by atoms with E-state index in [1.54, 1.807) is 28.7 Å². The Morgan fingerprint density at radius 1 is 1.29 bits per heavy atom. The third-order valence-electron chi connectivity index (χ3n) is 6.12. The van der Waals surface area contributed by atoms with Crippen LogP contribution >= 0.6 is 10.8 Å². The fourth-order valence-corrected chi connectivity index (χ4v) is 5.95. The molecule has 0 radical (unpaired) electrons. The van der Waals surface area contributed by atoms with E-state index < -0.39 is 16.7 Å². The molecule has 1 aliphatic rings. The fourth-order valence-electron chi connectivity index (χ4n) is 4.28. The summed E-state index contributed by atoms with van der Waals surface area (Å²) in [6.45, 7) is 4.51. The van der Waals surface area contributed by atoms with Crippen LogP contribution in [0.1, 0.15) is 48.1 Å². The maximum absolute atomic E-state index is 11.6. The highest BCUT2D eigenvalue weighted by Gasteiger charge is 2.34. The van der Waals surface area contributed by atoms with Gasteiger partial charge in [0, 0.05) is 6.54 Å². The first kappa shape index (κ1) is 24.2. The van der Waals surface area contributed by atoms with Gasteiger partial charge in [0.15, 0.2) is 0 Å². The van der Waals surface area contributed by atoms with Crippen LogP contribution in [0.2, 0.25) is 0 Å². The highest BCUT2D eigenvalue weighted by Crippen LogP contribution is 2.57. The number of carbonyl (C=O) groups is 1. The lowest BCUT2D eigenvalue weighted by atomic mass is 9.88. The Morgan fingerprint density at radius 2 is 2.09 bits per heavy atom. The van der Waals surface area contributed by atoms with Crippen molar-refractivity contribution in [2.45, 2.75) is 56.6 Å². The SMILES string of the molecule is Cc1ccc(C(CCc2cn[nH]n2)CC(=O)O)cc1CN1C[C@@H](C)Oc2ccccc2S1(O)O. The van der Waals surface area contributed by atoms with Gasteiger partial charge in [0.2, 0.25) is 0 Å². The quantitative estimate of drug-likeness (QED) is 0.363. The minimum Gasteiger partial charge on any atom is -0.487 e. The van der Waals surface area contributed by atoms with Gasteiger partial charge < -0.3 is 9.84 Å². The predicted octanol–water partition coefficient (Wildman–Crippen LogP) is 4.61. The van der Waals surface area contributed by atoms with Crippen LogP contribution in [-0.2, 0) is 17.8 Å². The third-order valence-corrected chi connectivity index (χ3v) is 8.04. The van der Waals surface area contributed by atoms with E-state index in [1.165, 1.54) is 0 Å². The molecule has 0 saturated carbocycles. The first-order valence-corrected chi connectivity index (χ1v) is 12.7. The van der Waals surface area contributed by atoms with Gasteiger partial charge in [0.1, 0.15) is 16.7 Å². The monoisotopic (exact) mass is 486 g/mol. The molecule has 1 aliphatic heterocycles. The van der Waals surface area contributed by atoms with Crippen molar-refractivity contribution in [2.24, 2.45) is 0 Å². The summed E-state index contributed by atoms with van der Waals surface area (Å²) in [4.78, 5) is 11.9. The number of hydrogen-bond donors (Lipinski definition) is 4. The van der Waals surface area contributed by atoms with Gasteiger partial charge in [0.25, 0.3) is 0 Å². The summed E-state index contributed by atoms with van der Waals surface area (Å²) in [5.41, 5.74) is 3.60. The number of benzene rings is 2. The van der Waals surface area contributed by atoms with Crippen molar-refractivity contribution in [3.05, 3.63) is 71.0 Å². The van der Waals surface area contributed by atoms with Crippen LogP contribution in [0.25, 0.3) is 0 Å². The number of nitrogens with zero attached hydrogens (tertiary/aromatic N) is 3. The van der Waals surface area contributed by atoms with Gasteiger partial charge in [-0.25, -0.2) is 0 Å². The number of aryl methyl sites for hydroxylation is 2. The molecule has 2 aromatic carbocycles. The molecule has 2 heterocycles. The van der Waals surface area contributed by atoms with E-state index in [9.17, 15) is 19.0 Å².